The van der Waals surface area contributed by atoms with Crippen LogP contribution in [0.25, 0.3) is 0 Å². The van der Waals surface area contributed by atoms with E-state index < -0.39 is 10.0 Å². The number of carbonyl (C=O) groups is 1. The molecule has 0 atom stereocenters. The van der Waals surface area contributed by atoms with Gasteiger partial charge >= 0.3 is 0 Å². The highest BCUT2D eigenvalue weighted by molar-refractivity contribution is 7.89. The molecule has 1 aliphatic rings. The molecular weight excluding hydrogens is 398 g/mol. The number of sulfonamides is 1. The standard InChI is InChI=1S/C20H24ClN3O3S/c1-16-5-7-19(8-6-16)28(26,27)24-11-9-23(10-12-24)15-20(25)22-14-17-3-2-4-18(21)13-17/h2-8,13H,9-12,14-15H2,1H3,(H,22,25). The van der Waals surface area contributed by atoms with Gasteiger partial charge in [-0.1, -0.05) is 41.4 Å². The molecule has 0 aliphatic carbocycles. The largest absolute Gasteiger partial charge is 0.351 e. The fraction of sp³-hybridized carbons (Fsp3) is 0.350. The molecule has 6 nitrogen and oxygen atoms in total. The smallest absolute Gasteiger partial charge is 0.243 e. The molecule has 28 heavy (non-hydrogen) atoms. The van der Waals surface area contributed by atoms with Crippen LogP contribution in [0.4, 0.5) is 0 Å². The molecule has 1 amide bonds. The summed E-state index contributed by atoms with van der Waals surface area (Å²) in [5.41, 5.74) is 1.96. The molecule has 0 spiro atoms. The second kappa shape index (κ2) is 9.05. The van der Waals surface area contributed by atoms with E-state index >= 15 is 0 Å². The number of rotatable bonds is 6. The molecule has 1 heterocycles. The molecule has 150 valence electrons. The Morgan fingerprint density at radius 2 is 1.75 bits per heavy atom. The lowest BCUT2D eigenvalue weighted by Crippen LogP contribution is -2.50. The molecule has 1 aliphatic heterocycles. The summed E-state index contributed by atoms with van der Waals surface area (Å²) in [6, 6.07) is 14.2. The molecule has 8 heteroatoms. The number of hydrogen-bond acceptors (Lipinski definition) is 4. The van der Waals surface area contributed by atoms with Crippen molar-refractivity contribution in [1.29, 1.82) is 0 Å². The van der Waals surface area contributed by atoms with Gasteiger partial charge in [-0.15, -0.1) is 0 Å². The van der Waals surface area contributed by atoms with Crippen LogP contribution in [0, 0.1) is 6.92 Å². The van der Waals surface area contributed by atoms with E-state index in [1.165, 1.54) is 4.31 Å². The summed E-state index contributed by atoms with van der Waals surface area (Å²) < 4.78 is 26.9. The van der Waals surface area contributed by atoms with Crippen molar-refractivity contribution in [2.45, 2.75) is 18.4 Å². The van der Waals surface area contributed by atoms with E-state index in [-0.39, 0.29) is 12.5 Å². The van der Waals surface area contributed by atoms with Gasteiger partial charge in [0.2, 0.25) is 15.9 Å². The highest BCUT2D eigenvalue weighted by atomic mass is 35.5. The topological polar surface area (TPSA) is 69.7 Å². The van der Waals surface area contributed by atoms with Crippen LogP contribution in [0.3, 0.4) is 0 Å². The van der Waals surface area contributed by atoms with E-state index in [0.717, 1.165) is 11.1 Å². The van der Waals surface area contributed by atoms with Crippen molar-refractivity contribution in [3.05, 3.63) is 64.7 Å². The molecule has 2 aromatic carbocycles. The SMILES string of the molecule is Cc1ccc(S(=O)(=O)N2CCN(CC(=O)NCc3cccc(Cl)c3)CC2)cc1. The van der Waals surface area contributed by atoms with Crippen LogP contribution >= 0.6 is 11.6 Å². The summed E-state index contributed by atoms with van der Waals surface area (Å²) in [7, 11) is -3.49. The first-order chi connectivity index (χ1) is 13.3. The summed E-state index contributed by atoms with van der Waals surface area (Å²) in [6.45, 7) is 4.38. The predicted octanol–water partition coefficient (Wildman–Crippen LogP) is 2.27. The zero-order chi connectivity index (χ0) is 20.1. The van der Waals surface area contributed by atoms with Gasteiger partial charge in [0, 0.05) is 37.7 Å². The number of carbonyl (C=O) groups excluding carboxylic acids is 1. The van der Waals surface area contributed by atoms with Crippen LogP contribution in [0.15, 0.2) is 53.4 Å². The number of piperazine rings is 1. The van der Waals surface area contributed by atoms with Crippen LogP contribution in [-0.4, -0.2) is 56.3 Å². The van der Waals surface area contributed by atoms with Gasteiger partial charge in [-0.05, 0) is 36.8 Å². The van der Waals surface area contributed by atoms with Crippen molar-refractivity contribution in [3.8, 4) is 0 Å². The fourth-order valence-electron chi connectivity index (χ4n) is 3.09. The van der Waals surface area contributed by atoms with Crippen LogP contribution in [-0.2, 0) is 21.4 Å². The minimum absolute atomic E-state index is 0.0881. The molecular formula is C20H24ClN3O3S. The Balaban J connectivity index is 1.48. The van der Waals surface area contributed by atoms with Crippen molar-refractivity contribution in [2.24, 2.45) is 0 Å². The van der Waals surface area contributed by atoms with Crippen LogP contribution in [0.1, 0.15) is 11.1 Å². The first kappa shape index (κ1) is 20.8. The maximum absolute atomic E-state index is 12.7. The number of amides is 1. The second-order valence-corrected chi connectivity index (χ2v) is 9.27. The third-order valence-electron chi connectivity index (χ3n) is 4.74. The van der Waals surface area contributed by atoms with Gasteiger partial charge in [-0.25, -0.2) is 8.42 Å². The average Bonchev–Trinajstić information content (AvgIpc) is 2.67. The van der Waals surface area contributed by atoms with Crippen LogP contribution < -0.4 is 5.32 Å². The maximum Gasteiger partial charge on any atom is 0.243 e. The lowest BCUT2D eigenvalue weighted by atomic mass is 10.2. The zero-order valence-electron chi connectivity index (χ0n) is 15.8. The predicted molar refractivity (Wildman–Crippen MR) is 110 cm³/mol. The first-order valence-corrected chi connectivity index (χ1v) is 11.0. The van der Waals surface area contributed by atoms with Gasteiger partial charge < -0.3 is 5.32 Å². The van der Waals surface area contributed by atoms with E-state index in [0.29, 0.717) is 42.6 Å². The highest BCUT2D eigenvalue weighted by Crippen LogP contribution is 2.18. The quantitative estimate of drug-likeness (QED) is 0.776. The fourth-order valence-corrected chi connectivity index (χ4v) is 4.73. The maximum atomic E-state index is 12.7. The number of aryl methyl sites for hydroxylation is 1. The minimum atomic E-state index is -3.49. The second-order valence-electron chi connectivity index (χ2n) is 6.90. The molecule has 0 radical (unpaired) electrons. The molecule has 2 aromatic rings. The van der Waals surface area contributed by atoms with Crippen molar-refractivity contribution in [1.82, 2.24) is 14.5 Å². The normalized spacial score (nSPS) is 16.1. The molecule has 0 saturated carbocycles. The molecule has 1 saturated heterocycles. The molecule has 3 rings (SSSR count). The molecule has 1 N–H and O–H groups in total. The highest BCUT2D eigenvalue weighted by Gasteiger charge is 2.28. The van der Waals surface area contributed by atoms with Gasteiger partial charge in [-0.3, -0.25) is 9.69 Å². The van der Waals surface area contributed by atoms with Gasteiger partial charge in [0.25, 0.3) is 0 Å². The number of nitrogens with zero attached hydrogens (tertiary/aromatic N) is 2. The Morgan fingerprint density at radius 3 is 2.39 bits per heavy atom. The molecule has 1 fully saturated rings. The number of halogens is 1. The van der Waals surface area contributed by atoms with E-state index in [1.54, 1.807) is 30.3 Å². The van der Waals surface area contributed by atoms with Gasteiger partial charge in [0.15, 0.2) is 0 Å². The molecule has 0 bridgehead atoms. The number of benzene rings is 2. The Labute approximate surface area is 171 Å². The van der Waals surface area contributed by atoms with Gasteiger partial charge in [0.1, 0.15) is 0 Å². The Bertz CT molecular complexity index is 924. The lowest BCUT2D eigenvalue weighted by molar-refractivity contribution is -0.122. The van der Waals surface area contributed by atoms with E-state index in [9.17, 15) is 13.2 Å². The van der Waals surface area contributed by atoms with Crippen molar-refractivity contribution in [2.75, 3.05) is 32.7 Å². The molecule has 0 aromatic heterocycles. The third kappa shape index (κ3) is 5.32. The average molecular weight is 422 g/mol. The Morgan fingerprint density at radius 1 is 1.07 bits per heavy atom. The Hall–Kier alpha value is -1.93. The molecule has 0 unspecified atom stereocenters. The van der Waals surface area contributed by atoms with Crippen LogP contribution in [0.2, 0.25) is 5.02 Å². The minimum Gasteiger partial charge on any atom is -0.351 e. The number of nitrogens with one attached hydrogen (secondary N) is 1. The van der Waals surface area contributed by atoms with E-state index in [1.807, 2.05) is 30.0 Å². The van der Waals surface area contributed by atoms with E-state index in [2.05, 4.69) is 5.32 Å². The van der Waals surface area contributed by atoms with Crippen molar-refractivity contribution in [3.63, 3.8) is 0 Å². The van der Waals surface area contributed by atoms with Crippen LogP contribution in [0.5, 0.6) is 0 Å². The first-order valence-electron chi connectivity index (χ1n) is 9.15. The van der Waals surface area contributed by atoms with Gasteiger partial charge in [0.05, 0.1) is 11.4 Å². The summed E-state index contributed by atoms with van der Waals surface area (Å²) in [5, 5.41) is 3.51. The third-order valence-corrected chi connectivity index (χ3v) is 6.88. The Kier molecular flexibility index (Phi) is 6.72. The number of hydrogen-bond donors (Lipinski definition) is 1. The zero-order valence-corrected chi connectivity index (χ0v) is 17.3. The van der Waals surface area contributed by atoms with Gasteiger partial charge in [-0.2, -0.15) is 4.31 Å². The summed E-state index contributed by atoms with van der Waals surface area (Å²) in [4.78, 5) is 14.5. The van der Waals surface area contributed by atoms with E-state index in [4.69, 9.17) is 11.6 Å². The summed E-state index contributed by atoms with van der Waals surface area (Å²) >= 11 is 5.94. The summed E-state index contributed by atoms with van der Waals surface area (Å²) in [6.07, 6.45) is 0. The summed E-state index contributed by atoms with van der Waals surface area (Å²) in [5.74, 6) is -0.0881. The lowest BCUT2D eigenvalue weighted by Gasteiger charge is -2.33. The van der Waals surface area contributed by atoms with Crippen molar-refractivity contribution < 1.29 is 13.2 Å². The monoisotopic (exact) mass is 421 g/mol. The van der Waals surface area contributed by atoms with Crippen molar-refractivity contribution >= 4 is 27.5 Å².